The number of rotatable bonds is 4. The molecule has 0 radical (unpaired) electrons. The summed E-state index contributed by atoms with van der Waals surface area (Å²) >= 11 is 0. The van der Waals surface area contributed by atoms with Gasteiger partial charge in [-0.1, -0.05) is 6.42 Å². The second-order valence-electron chi connectivity index (χ2n) is 5.18. The topological polar surface area (TPSA) is 88.3 Å². The summed E-state index contributed by atoms with van der Waals surface area (Å²) in [4.78, 5) is 14.6. The molecule has 1 aliphatic rings. The molecule has 0 spiro atoms. The maximum Gasteiger partial charge on any atom is 0.277 e. The fourth-order valence-electron chi connectivity index (χ4n) is 2.50. The molecule has 2 N–H and O–H groups in total. The lowest BCUT2D eigenvalue weighted by Gasteiger charge is -2.26. The number of aliphatic hydroxyl groups is 1. The fraction of sp³-hybridized carbons (Fsp3) is 0.615. The third kappa shape index (κ3) is 3.64. The highest BCUT2D eigenvalue weighted by Gasteiger charge is 2.20. The predicted octanol–water partition coefficient (Wildman–Crippen LogP) is 2.26. The van der Waals surface area contributed by atoms with Gasteiger partial charge in [-0.3, -0.25) is 10.1 Å². The summed E-state index contributed by atoms with van der Waals surface area (Å²) in [6.45, 7) is 2.37. The molecule has 6 heteroatoms. The first-order chi connectivity index (χ1) is 9.06. The van der Waals surface area contributed by atoms with Crippen LogP contribution in [0.5, 0.6) is 0 Å². The van der Waals surface area contributed by atoms with E-state index in [0.717, 1.165) is 25.7 Å². The maximum absolute atomic E-state index is 10.8. The maximum atomic E-state index is 10.8. The first-order valence-electron chi connectivity index (χ1n) is 6.59. The van der Waals surface area contributed by atoms with E-state index in [1.54, 1.807) is 6.92 Å². The second-order valence-corrected chi connectivity index (χ2v) is 5.18. The Morgan fingerprint density at radius 2 is 2.37 bits per heavy atom. The molecular formula is C13H19N3O3. The molecule has 0 amide bonds. The Morgan fingerprint density at radius 3 is 3.05 bits per heavy atom. The van der Waals surface area contributed by atoms with Gasteiger partial charge in [0.25, 0.3) is 5.69 Å². The van der Waals surface area contributed by atoms with Crippen molar-refractivity contribution in [2.24, 2.45) is 5.92 Å². The summed E-state index contributed by atoms with van der Waals surface area (Å²) in [5.74, 6) is 0.934. The van der Waals surface area contributed by atoms with Gasteiger partial charge in [0.2, 0.25) is 0 Å². The van der Waals surface area contributed by atoms with Crippen LogP contribution in [0.2, 0.25) is 0 Å². The molecule has 0 aliphatic heterocycles. The number of pyridine rings is 1. The lowest BCUT2D eigenvalue weighted by Crippen LogP contribution is -2.25. The van der Waals surface area contributed by atoms with Crippen LogP contribution in [0.15, 0.2) is 12.3 Å². The lowest BCUT2D eigenvalue weighted by molar-refractivity contribution is -0.385. The van der Waals surface area contributed by atoms with Gasteiger partial charge in [-0.15, -0.1) is 0 Å². The second kappa shape index (κ2) is 5.97. The van der Waals surface area contributed by atoms with Crippen LogP contribution in [0, 0.1) is 23.0 Å². The molecule has 1 fully saturated rings. The van der Waals surface area contributed by atoms with Crippen molar-refractivity contribution >= 4 is 11.5 Å². The Hall–Kier alpha value is -1.69. The summed E-state index contributed by atoms with van der Waals surface area (Å²) in [7, 11) is 0. The molecule has 2 atom stereocenters. The number of hydrogen-bond acceptors (Lipinski definition) is 5. The predicted molar refractivity (Wildman–Crippen MR) is 72.1 cm³/mol. The van der Waals surface area contributed by atoms with E-state index in [2.05, 4.69) is 10.3 Å². The van der Waals surface area contributed by atoms with Crippen LogP contribution in [-0.4, -0.2) is 27.7 Å². The van der Waals surface area contributed by atoms with Crippen molar-refractivity contribution in [2.75, 3.05) is 11.9 Å². The van der Waals surface area contributed by atoms with Gasteiger partial charge >= 0.3 is 0 Å². The number of aliphatic hydroxyl groups excluding tert-OH is 1. The first-order valence-corrected chi connectivity index (χ1v) is 6.59. The molecule has 1 aromatic rings. The molecule has 104 valence electrons. The molecule has 0 aromatic carbocycles. The zero-order chi connectivity index (χ0) is 13.8. The third-order valence-electron chi connectivity index (χ3n) is 3.60. The van der Waals surface area contributed by atoms with Crippen molar-refractivity contribution in [1.29, 1.82) is 0 Å². The number of aromatic nitrogens is 1. The molecule has 0 saturated heterocycles. The molecule has 19 heavy (non-hydrogen) atoms. The first kappa shape index (κ1) is 13.7. The Bertz CT molecular complexity index is 464. The van der Waals surface area contributed by atoms with E-state index in [4.69, 9.17) is 0 Å². The molecule has 1 aliphatic carbocycles. The minimum atomic E-state index is -0.396. The van der Waals surface area contributed by atoms with Crippen molar-refractivity contribution < 1.29 is 10.0 Å². The van der Waals surface area contributed by atoms with Crippen LogP contribution in [0.3, 0.4) is 0 Å². The normalized spacial score (nSPS) is 23.1. The largest absolute Gasteiger partial charge is 0.393 e. The smallest absolute Gasteiger partial charge is 0.277 e. The van der Waals surface area contributed by atoms with Crippen LogP contribution in [0.1, 0.15) is 31.2 Å². The van der Waals surface area contributed by atoms with Crippen molar-refractivity contribution in [3.05, 3.63) is 27.9 Å². The number of hydrogen-bond donors (Lipinski definition) is 2. The van der Waals surface area contributed by atoms with Crippen LogP contribution in [-0.2, 0) is 0 Å². The van der Waals surface area contributed by atoms with E-state index < -0.39 is 4.92 Å². The van der Waals surface area contributed by atoms with E-state index in [-0.39, 0.29) is 11.8 Å². The van der Waals surface area contributed by atoms with Gasteiger partial charge in [0.1, 0.15) is 5.82 Å². The summed E-state index contributed by atoms with van der Waals surface area (Å²) in [5.41, 5.74) is 0.643. The van der Waals surface area contributed by atoms with E-state index in [0.29, 0.717) is 23.8 Å². The Morgan fingerprint density at radius 1 is 1.58 bits per heavy atom. The molecule has 1 saturated carbocycles. The van der Waals surface area contributed by atoms with Gasteiger partial charge in [-0.25, -0.2) is 4.98 Å². The van der Waals surface area contributed by atoms with Crippen LogP contribution in [0.4, 0.5) is 11.5 Å². The van der Waals surface area contributed by atoms with Crippen LogP contribution in [0.25, 0.3) is 0 Å². The van der Waals surface area contributed by atoms with Gasteiger partial charge in [0, 0.05) is 18.3 Å². The summed E-state index contributed by atoms with van der Waals surface area (Å²) in [6.07, 6.45) is 5.09. The number of nitrogens with zero attached hydrogens (tertiary/aromatic N) is 2. The zero-order valence-electron chi connectivity index (χ0n) is 11.0. The molecule has 6 nitrogen and oxygen atoms in total. The molecular weight excluding hydrogens is 246 g/mol. The summed E-state index contributed by atoms with van der Waals surface area (Å²) < 4.78 is 0. The highest BCUT2D eigenvalue weighted by atomic mass is 16.6. The van der Waals surface area contributed by atoms with Crippen molar-refractivity contribution in [3.63, 3.8) is 0 Å². The standard InChI is InChI=1S/C13H19N3O3/c1-9-7-14-13(6-12(9)16(18)19)15-8-10-3-2-4-11(17)5-10/h6-7,10-11,17H,2-5,8H2,1H3,(H,14,15). The highest BCUT2D eigenvalue weighted by Crippen LogP contribution is 2.25. The van der Waals surface area contributed by atoms with E-state index in [9.17, 15) is 15.2 Å². The molecule has 1 heterocycles. The monoisotopic (exact) mass is 265 g/mol. The molecule has 2 rings (SSSR count). The van der Waals surface area contributed by atoms with Crippen molar-refractivity contribution in [3.8, 4) is 0 Å². The Labute approximate surface area is 112 Å². The van der Waals surface area contributed by atoms with Crippen molar-refractivity contribution in [1.82, 2.24) is 4.98 Å². The number of anilines is 1. The number of nitrogens with one attached hydrogen (secondary N) is 1. The van der Waals surface area contributed by atoms with Crippen LogP contribution >= 0.6 is 0 Å². The SMILES string of the molecule is Cc1cnc(NCC2CCCC(O)C2)cc1[N+](=O)[O-]. The number of nitro groups is 1. The minimum Gasteiger partial charge on any atom is -0.393 e. The average molecular weight is 265 g/mol. The van der Waals surface area contributed by atoms with Gasteiger partial charge in [0.05, 0.1) is 17.1 Å². The third-order valence-corrected chi connectivity index (χ3v) is 3.60. The van der Waals surface area contributed by atoms with E-state index in [1.807, 2.05) is 0 Å². The fourth-order valence-corrected chi connectivity index (χ4v) is 2.50. The van der Waals surface area contributed by atoms with Gasteiger partial charge < -0.3 is 10.4 Å². The van der Waals surface area contributed by atoms with E-state index in [1.165, 1.54) is 12.3 Å². The zero-order valence-corrected chi connectivity index (χ0v) is 11.0. The van der Waals surface area contributed by atoms with Crippen molar-refractivity contribution in [2.45, 2.75) is 38.7 Å². The molecule has 1 aromatic heterocycles. The Balaban J connectivity index is 1.96. The average Bonchev–Trinajstić information content (AvgIpc) is 2.37. The summed E-state index contributed by atoms with van der Waals surface area (Å²) in [5, 5.41) is 23.6. The highest BCUT2D eigenvalue weighted by molar-refractivity contribution is 5.48. The summed E-state index contributed by atoms with van der Waals surface area (Å²) in [6, 6.07) is 1.47. The van der Waals surface area contributed by atoms with Gasteiger partial charge in [-0.05, 0) is 32.1 Å². The van der Waals surface area contributed by atoms with E-state index >= 15 is 0 Å². The van der Waals surface area contributed by atoms with Gasteiger partial charge in [0.15, 0.2) is 0 Å². The quantitative estimate of drug-likeness (QED) is 0.644. The number of aryl methyl sites for hydroxylation is 1. The van der Waals surface area contributed by atoms with Crippen LogP contribution < -0.4 is 5.32 Å². The minimum absolute atomic E-state index is 0.0844. The molecule has 2 unspecified atom stereocenters. The lowest BCUT2D eigenvalue weighted by atomic mass is 9.87. The molecule has 0 bridgehead atoms. The Kier molecular flexibility index (Phi) is 4.31. The van der Waals surface area contributed by atoms with Gasteiger partial charge in [-0.2, -0.15) is 0 Å².